The van der Waals surface area contributed by atoms with Crippen LogP contribution >= 0.6 is 0 Å². The molecule has 0 radical (unpaired) electrons. The van der Waals surface area contributed by atoms with E-state index in [9.17, 15) is 0 Å². The van der Waals surface area contributed by atoms with Gasteiger partial charge in [0, 0.05) is 18.8 Å². The Morgan fingerprint density at radius 2 is 1.72 bits per heavy atom. The Morgan fingerprint density at radius 1 is 0.889 bits per heavy atom. The van der Waals surface area contributed by atoms with Gasteiger partial charge in [0.15, 0.2) is 0 Å². The molecule has 0 amide bonds. The van der Waals surface area contributed by atoms with Gasteiger partial charge in [0.05, 0.1) is 0 Å². The van der Waals surface area contributed by atoms with Gasteiger partial charge in [-0.15, -0.1) is 0 Å². The van der Waals surface area contributed by atoms with Crippen molar-refractivity contribution < 1.29 is 0 Å². The Labute approximate surface area is 109 Å². The highest BCUT2D eigenvalue weighted by atomic mass is 15.1. The van der Waals surface area contributed by atoms with Crippen LogP contribution in [0.5, 0.6) is 0 Å². The van der Waals surface area contributed by atoms with Gasteiger partial charge in [0.25, 0.3) is 0 Å². The van der Waals surface area contributed by atoms with Gasteiger partial charge in [0.1, 0.15) is 0 Å². The number of rotatable bonds is 1. The van der Waals surface area contributed by atoms with Crippen molar-refractivity contribution in [3.05, 3.63) is 64.7 Å². The van der Waals surface area contributed by atoms with Crippen molar-refractivity contribution in [2.75, 3.05) is 11.4 Å². The van der Waals surface area contributed by atoms with E-state index in [2.05, 4.69) is 61.2 Å². The lowest BCUT2D eigenvalue weighted by molar-refractivity contribution is 0.730. The molecule has 18 heavy (non-hydrogen) atoms. The molecule has 0 aromatic heterocycles. The lowest BCUT2D eigenvalue weighted by Crippen LogP contribution is -2.30. The number of fused-ring (bicyclic) bond motifs is 1. The van der Waals surface area contributed by atoms with E-state index in [1.165, 1.54) is 27.9 Å². The van der Waals surface area contributed by atoms with Gasteiger partial charge >= 0.3 is 0 Å². The summed E-state index contributed by atoms with van der Waals surface area (Å²) in [6, 6.07) is 15.6. The summed E-state index contributed by atoms with van der Waals surface area (Å²) < 4.78 is 0. The standard InChI is InChI=1S/C17H19N/c1-13-4-3-5-17(11-13)18-9-8-15-10-14(2)6-7-16(15)12-18/h3-7,10-11H,8-9,12H2,1-2H3. The summed E-state index contributed by atoms with van der Waals surface area (Å²) in [5.74, 6) is 0. The summed E-state index contributed by atoms with van der Waals surface area (Å²) in [5.41, 5.74) is 7.06. The smallest absolute Gasteiger partial charge is 0.0432 e. The Kier molecular flexibility index (Phi) is 2.83. The minimum absolute atomic E-state index is 1.04. The number of hydrogen-bond donors (Lipinski definition) is 0. The average Bonchev–Trinajstić information content (AvgIpc) is 2.38. The molecule has 1 heteroatoms. The van der Waals surface area contributed by atoms with E-state index in [1.807, 2.05) is 0 Å². The van der Waals surface area contributed by atoms with Crippen molar-refractivity contribution in [3.63, 3.8) is 0 Å². The molecule has 0 saturated heterocycles. The molecular formula is C17H19N. The fourth-order valence-corrected chi connectivity index (χ4v) is 2.73. The summed E-state index contributed by atoms with van der Waals surface area (Å²) >= 11 is 0. The number of anilines is 1. The van der Waals surface area contributed by atoms with Crippen LogP contribution in [0.25, 0.3) is 0 Å². The number of aryl methyl sites for hydroxylation is 2. The second kappa shape index (κ2) is 4.49. The van der Waals surface area contributed by atoms with Gasteiger partial charge in [-0.1, -0.05) is 35.9 Å². The van der Waals surface area contributed by atoms with Crippen molar-refractivity contribution in [1.82, 2.24) is 0 Å². The summed E-state index contributed by atoms with van der Waals surface area (Å²) in [6.07, 6.45) is 1.16. The van der Waals surface area contributed by atoms with Crippen molar-refractivity contribution in [1.29, 1.82) is 0 Å². The second-order valence-corrected chi connectivity index (χ2v) is 5.28. The molecule has 1 aliphatic rings. The molecule has 1 aliphatic heterocycles. The topological polar surface area (TPSA) is 3.24 Å². The number of benzene rings is 2. The van der Waals surface area contributed by atoms with E-state index >= 15 is 0 Å². The highest BCUT2D eigenvalue weighted by Crippen LogP contribution is 2.25. The molecule has 0 fully saturated rings. The molecule has 0 atom stereocenters. The summed E-state index contributed by atoms with van der Waals surface area (Å²) in [6.45, 7) is 6.50. The molecule has 0 saturated carbocycles. The van der Waals surface area contributed by atoms with E-state index in [0.29, 0.717) is 0 Å². The van der Waals surface area contributed by atoms with E-state index < -0.39 is 0 Å². The number of nitrogens with zero attached hydrogens (tertiary/aromatic N) is 1. The first kappa shape index (κ1) is 11.3. The van der Waals surface area contributed by atoms with Crippen LogP contribution < -0.4 is 4.90 Å². The van der Waals surface area contributed by atoms with Crippen LogP contribution in [0.1, 0.15) is 22.3 Å². The maximum atomic E-state index is 2.48. The molecule has 1 nitrogen and oxygen atoms in total. The van der Waals surface area contributed by atoms with Crippen LogP contribution in [0, 0.1) is 13.8 Å². The van der Waals surface area contributed by atoms with Crippen LogP contribution in [-0.2, 0) is 13.0 Å². The molecule has 3 rings (SSSR count). The zero-order chi connectivity index (χ0) is 12.5. The van der Waals surface area contributed by atoms with Gasteiger partial charge in [-0.2, -0.15) is 0 Å². The lowest BCUT2D eigenvalue weighted by Gasteiger charge is -2.31. The second-order valence-electron chi connectivity index (χ2n) is 5.28. The monoisotopic (exact) mass is 237 g/mol. The van der Waals surface area contributed by atoms with Gasteiger partial charge in [-0.05, 0) is 49.1 Å². The summed E-state index contributed by atoms with van der Waals surface area (Å²) in [4.78, 5) is 2.48. The van der Waals surface area contributed by atoms with E-state index in [1.54, 1.807) is 0 Å². The first-order valence-electron chi connectivity index (χ1n) is 6.62. The molecule has 0 bridgehead atoms. The SMILES string of the molecule is Cc1cccc(N2CCc3cc(C)ccc3C2)c1. The molecule has 2 aromatic carbocycles. The molecule has 0 spiro atoms. The van der Waals surface area contributed by atoms with Gasteiger partial charge < -0.3 is 4.90 Å². The Morgan fingerprint density at radius 3 is 2.56 bits per heavy atom. The van der Waals surface area contributed by atoms with E-state index in [0.717, 1.165) is 19.5 Å². The summed E-state index contributed by atoms with van der Waals surface area (Å²) in [5, 5.41) is 0. The van der Waals surface area contributed by atoms with Crippen molar-refractivity contribution in [2.45, 2.75) is 26.8 Å². The quantitative estimate of drug-likeness (QED) is 0.728. The molecular weight excluding hydrogens is 218 g/mol. The highest BCUT2D eigenvalue weighted by Gasteiger charge is 2.16. The minimum atomic E-state index is 1.04. The first-order valence-corrected chi connectivity index (χ1v) is 6.62. The average molecular weight is 237 g/mol. The Balaban J connectivity index is 1.89. The summed E-state index contributed by atoms with van der Waals surface area (Å²) in [7, 11) is 0. The molecule has 0 unspecified atom stereocenters. The fourth-order valence-electron chi connectivity index (χ4n) is 2.73. The maximum Gasteiger partial charge on any atom is 0.0432 e. The molecule has 1 heterocycles. The molecule has 0 aliphatic carbocycles. The van der Waals surface area contributed by atoms with Crippen LogP contribution in [0.4, 0.5) is 5.69 Å². The molecule has 2 aromatic rings. The van der Waals surface area contributed by atoms with E-state index in [4.69, 9.17) is 0 Å². The zero-order valence-electron chi connectivity index (χ0n) is 11.1. The van der Waals surface area contributed by atoms with Crippen LogP contribution in [0.2, 0.25) is 0 Å². The maximum absolute atomic E-state index is 2.48. The zero-order valence-corrected chi connectivity index (χ0v) is 11.1. The highest BCUT2D eigenvalue weighted by molar-refractivity contribution is 5.51. The van der Waals surface area contributed by atoms with Crippen molar-refractivity contribution >= 4 is 5.69 Å². The fraction of sp³-hybridized carbons (Fsp3) is 0.294. The van der Waals surface area contributed by atoms with Gasteiger partial charge in [0.2, 0.25) is 0 Å². The first-order chi connectivity index (χ1) is 8.72. The molecule has 0 N–H and O–H groups in total. The third-order valence-corrected chi connectivity index (χ3v) is 3.74. The van der Waals surface area contributed by atoms with Crippen LogP contribution in [0.3, 0.4) is 0 Å². The largest absolute Gasteiger partial charge is 0.367 e. The lowest BCUT2D eigenvalue weighted by atomic mass is 9.97. The van der Waals surface area contributed by atoms with Crippen molar-refractivity contribution in [3.8, 4) is 0 Å². The van der Waals surface area contributed by atoms with E-state index in [-0.39, 0.29) is 0 Å². The Bertz CT molecular complexity index is 572. The predicted octanol–water partition coefficient (Wildman–Crippen LogP) is 3.87. The van der Waals surface area contributed by atoms with Crippen molar-refractivity contribution in [2.24, 2.45) is 0 Å². The normalized spacial score (nSPS) is 14.4. The molecule has 92 valence electrons. The third kappa shape index (κ3) is 2.13. The van der Waals surface area contributed by atoms with Gasteiger partial charge in [-0.3, -0.25) is 0 Å². The van der Waals surface area contributed by atoms with Crippen LogP contribution in [0.15, 0.2) is 42.5 Å². The minimum Gasteiger partial charge on any atom is -0.367 e. The number of hydrogen-bond acceptors (Lipinski definition) is 1. The van der Waals surface area contributed by atoms with Crippen LogP contribution in [-0.4, -0.2) is 6.54 Å². The third-order valence-electron chi connectivity index (χ3n) is 3.74. The predicted molar refractivity (Wildman–Crippen MR) is 77.1 cm³/mol. The van der Waals surface area contributed by atoms with Gasteiger partial charge in [-0.25, -0.2) is 0 Å². The Hall–Kier alpha value is -1.76.